The molecule has 2 N–H and O–H groups in total. The predicted molar refractivity (Wildman–Crippen MR) is 81.0 cm³/mol. The Balaban J connectivity index is 2.14. The molecule has 21 heavy (non-hydrogen) atoms. The molecule has 0 fully saturated rings. The number of anilines is 1. The molecule has 0 atom stereocenters. The summed E-state index contributed by atoms with van der Waals surface area (Å²) in [6.07, 6.45) is 3.40. The Kier molecular flexibility index (Phi) is 4.75. The number of hydrogen-bond acceptors (Lipinski definition) is 3. The molecule has 0 bridgehead atoms. The molecule has 2 aromatic rings. The maximum Gasteiger partial charge on any atom is 0.255 e. The number of carbonyl (C=O) groups is 1. The zero-order chi connectivity index (χ0) is 15.2. The number of aromatic nitrogens is 2. The van der Waals surface area contributed by atoms with Crippen molar-refractivity contribution in [2.45, 2.75) is 20.4 Å². The average molecular weight is 283 g/mol. The van der Waals surface area contributed by atoms with Crippen molar-refractivity contribution in [1.29, 1.82) is 0 Å². The molecular weight excluding hydrogens is 266 g/mol. The third kappa shape index (κ3) is 3.71. The van der Waals surface area contributed by atoms with Gasteiger partial charge in [0.25, 0.3) is 5.91 Å². The summed E-state index contributed by atoms with van der Waals surface area (Å²) in [5.41, 5.74) is 2.93. The molecular formula is C16H17N3O2. The monoisotopic (exact) mass is 283 g/mol. The highest BCUT2D eigenvalue weighted by Gasteiger charge is 2.08. The maximum absolute atomic E-state index is 12.2. The van der Waals surface area contributed by atoms with Gasteiger partial charge in [0.15, 0.2) is 0 Å². The highest BCUT2D eigenvalue weighted by molar-refractivity contribution is 6.04. The Hall–Kier alpha value is -2.58. The van der Waals surface area contributed by atoms with Crippen LogP contribution in [0.5, 0.6) is 0 Å². The van der Waals surface area contributed by atoms with E-state index in [0.29, 0.717) is 11.3 Å². The zero-order valence-corrected chi connectivity index (χ0v) is 12.1. The van der Waals surface area contributed by atoms with Crippen molar-refractivity contribution in [2.75, 3.05) is 11.9 Å². The molecule has 0 aliphatic heterocycles. The minimum Gasteiger partial charge on any atom is -0.384 e. The molecule has 0 saturated carbocycles. The van der Waals surface area contributed by atoms with Gasteiger partial charge in [0.1, 0.15) is 6.61 Å². The first-order chi connectivity index (χ1) is 10.1. The van der Waals surface area contributed by atoms with Crippen LogP contribution in [-0.4, -0.2) is 27.4 Å². The van der Waals surface area contributed by atoms with Crippen molar-refractivity contribution in [3.8, 4) is 11.8 Å². The van der Waals surface area contributed by atoms with Gasteiger partial charge in [-0.2, -0.15) is 5.10 Å². The van der Waals surface area contributed by atoms with E-state index in [1.54, 1.807) is 35.3 Å². The van der Waals surface area contributed by atoms with E-state index < -0.39 is 0 Å². The van der Waals surface area contributed by atoms with Crippen LogP contribution >= 0.6 is 0 Å². The molecule has 1 amide bonds. The maximum atomic E-state index is 12.2. The van der Waals surface area contributed by atoms with Gasteiger partial charge in [-0.15, -0.1) is 0 Å². The molecule has 0 aliphatic rings. The second kappa shape index (κ2) is 6.73. The van der Waals surface area contributed by atoms with Crippen LogP contribution in [0.15, 0.2) is 30.6 Å². The minimum atomic E-state index is -0.185. The van der Waals surface area contributed by atoms with Gasteiger partial charge in [-0.25, -0.2) is 0 Å². The van der Waals surface area contributed by atoms with Crippen LogP contribution in [0.2, 0.25) is 0 Å². The van der Waals surface area contributed by atoms with Gasteiger partial charge in [0.05, 0.1) is 11.9 Å². The first-order valence-electron chi connectivity index (χ1n) is 6.68. The lowest BCUT2D eigenvalue weighted by Gasteiger charge is -2.05. The molecule has 5 heteroatoms. The molecule has 2 rings (SSSR count). The fraction of sp³-hybridized carbons (Fsp3) is 0.250. The normalized spacial score (nSPS) is 9.86. The number of amides is 1. The van der Waals surface area contributed by atoms with E-state index in [0.717, 1.165) is 17.7 Å². The number of nitrogens with one attached hydrogen (secondary N) is 1. The lowest BCUT2D eigenvalue weighted by atomic mass is 10.0. The summed E-state index contributed by atoms with van der Waals surface area (Å²) in [6, 6.07) is 5.28. The highest BCUT2D eigenvalue weighted by Crippen LogP contribution is 2.13. The van der Waals surface area contributed by atoms with E-state index in [-0.39, 0.29) is 12.5 Å². The Morgan fingerprint density at radius 2 is 2.29 bits per heavy atom. The number of aryl methyl sites for hydroxylation is 2. The van der Waals surface area contributed by atoms with Crippen LogP contribution in [0.3, 0.4) is 0 Å². The largest absolute Gasteiger partial charge is 0.384 e. The Morgan fingerprint density at radius 1 is 1.48 bits per heavy atom. The van der Waals surface area contributed by atoms with Gasteiger partial charge >= 0.3 is 0 Å². The number of benzene rings is 1. The van der Waals surface area contributed by atoms with Crippen LogP contribution in [0, 0.1) is 18.8 Å². The van der Waals surface area contributed by atoms with Crippen molar-refractivity contribution in [2.24, 2.45) is 0 Å². The third-order valence-corrected chi connectivity index (χ3v) is 3.01. The number of aliphatic hydroxyl groups is 1. The molecule has 0 radical (unpaired) electrons. The first kappa shape index (κ1) is 14.8. The van der Waals surface area contributed by atoms with E-state index in [4.69, 9.17) is 5.11 Å². The molecule has 5 nitrogen and oxygen atoms in total. The number of hydrogen-bond donors (Lipinski definition) is 2. The van der Waals surface area contributed by atoms with Crippen LogP contribution < -0.4 is 5.32 Å². The van der Waals surface area contributed by atoms with Crippen LogP contribution in [0.4, 0.5) is 5.69 Å². The Morgan fingerprint density at radius 3 is 2.90 bits per heavy atom. The van der Waals surface area contributed by atoms with E-state index in [9.17, 15) is 4.79 Å². The van der Waals surface area contributed by atoms with Crippen molar-refractivity contribution in [1.82, 2.24) is 9.78 Å². The van der Waals surface area contributed by atoms with Gasteiger partial charge in [-0.1, -0.05) is 11.8 Å². The van der Waals surface area contributed by atoms with Crippen LogP contribution in [0.25, 0.3) is 0 Å². The summed E-state index contributed by atoms with van der Waals surface area (Å²) in [5.74, 6) is 5.26. The van der Waals surface area contributed by atoms with Crippen LogP contribution in [0.1, 0.15) is 28.4 Å². The Labute approximate surface area is 123 Å². The molecule has 0 unspecified atom stereocenters. The van der Waals surface area contributed by atoms with E-state index in [1.165, 1.54) is 0 Å². The molecule has 1 heterocycles. The van der Waals surface area contributed by atoms with Gasteiger partial charge in [0.2, 0.25) is 0 Å². The smallest absolute Gasteiger partial charge is 0.255 e. The molecule has 1 aromatic carbocycles. The predicted octanol–water partition coefficient (Wildman–Crippen LogP) is 1.81. The summed E-state index contributed by atoms with van der Waals surface area (Å²) in [5, 5.41) is 15.6. The second-order valence-electron chi connectivity index (χ2n) is 4.53. The fourth-order valence-corrected chi connectivity index (χ4v) is 1.88. The van der Waals surface area contributed by atoms with E-state index in [1.807, 2.05) is 13.8 Å². The van der Waals surface area contributed by atoms with Crippen molar-refractivity contribution < 1.29 is 9.90 Å². The zero-order valence-electron chi connectivity index (χ0n) is 12.1. The van der Waals surface area contributed by atoms with Gasteiger partial charge in [0, 0.05) is 23.9 Å². The topological polar surface area (TPSA) is 67.2 Å². The summed E-state index contributed by atoms with van der Waals surface area (Å²) in [6.45, 7) is 4.44. The van der Waals surface area contributed by atoms with E-state index in [2.05, 4.69) is 22.3 Å². The highest BCUT2D eigenvalue weighted by atomic mass is 16.2. The molecule has 0 saturated heterocycles. The molecule has 1 aromatic heterocycles. The number of carbonyl (C=O) groups excluding carboxylic acids is 1. The number of nitrogens with zero attached hydrogens (tertiary/aromatic N) is 2. The summed E-state index contributed by atoms with van der Waals surface area (Å²) < 4.78 is 1.74. The second-order valence-corrected chi connectivity index (χ2v) is 4.53. The summed E-state index contributed by atoms with van der Waals surface area (Å²) in [7, 11) is 0. The van der Waals surface area contributed by atoms with Crippen molar-refractivity contribution in [3.05, 3.63) is 47.3 Å². The first-order valence-corrected chi connectivity index (χ1v) is 6.68. The number of rotatable bonds is 3. The average Bonchev–Trinajstić information content (AvgIpc) is 2.93. The standard InChI is InChI=1S/C16H17N3O2/c1-3-19-11-15(10-17-19)18-16(21)14-7-6-13(5-4-8-20)12(2)9-14/h6-7,9-11,20H,3,8H2,1-2H3,(H,18,21). The molecule has 108 valence electrons. The quantitative estimate of drug-likeness (QED) is 0.844. The fourth-order valence-electron chi connectivity index (χ4n) is 1.88. The third-order valence-electron chi connectivity index (χ3n) is 3.01. The summed E-state index contributed by atoms with van der Waals surface area (Å²) >= 11 is 0. The molecule has 0 aliphatic carbocycles. The minimum absolute atomic E-state index is 0.177. The van der Waals surface area contributed by atoms with Crippen molar-refractivity contribution in [3.63, 3.8) is 0 Å². The Bertz CT molecular complexity index is 708. The number of aliphatic hydroxyl groups excluding tert-OH is 1. The van der Waals surface area contributed by atoms with Crippen molar-refractivity contribution >= 4 is 11.6 Å². The lowest BCUT2D eigenvalue weighted by molar-refractivity contribution is 0.102. The van der Waals surface area contributed by atoms with Gasteiger partial charge < -0.3 is 10.4 Å². The molecule has 0 spiro atoms. The lowest BCUT2D eigenvalue weighted by Crippen LogP contribution is -2.11. The van der Waals surface area contributed by atoms with Gasteiger partial charge in [-0.3, -0.25) is 9.48 Å². The summed E-state index contributed by atoms with van der Waals surface area (Å²) in [4.78, 5) is 12.2. The van der Waals surface area contributed by atoms with Gasteiger partial charge in [-0.05, 0) is 37.6 Å². The SMILES string of the molecule is CCn1cc(NC(=O)c2ccc(C#CCO)c(C)c2)cn1. The van der Waals surface area contributed by atoms with E-state index >= 15 is 0 Å². The van der Waals surface area contributed by atoms with Crippen LogP contribution in [-0.2, 0) is 6.54 Å².